The van der Waals surface area contributed by atoms with Gasteiger partial charge in [0.15, 0.2) is 0 Å². The lowest BCUT2D eigenvalue weighted by Gasteiger charge is -2.21. The Labute approximate surface area is 115 Å². The molecule has 1 aromatic carbocycles. The van der Waals surface area contributed by atoms with Crippen LogP contribution in [0.1, 0.15) is 32.3 Å². The Hall–Kier alpha value is -1.55. The van der Waals surface area contributed by atoms with Crippen LogP contribution in [0.3, 0.4) is 0 Å². The lowest BCUT2D eigenvalue weighted by atomic mass is 10.0. The van der Waals surface area contributed by atoms with Crippen LogP contribution in [0, 0.1) is 0 Å². The Bertz CT molecular complexity index is 430. The summed E-state index contributed by atoms with van der Waals surface area (Å²) < 4.78 is 5.34. The molecule has 0 radical (unpaired) electrons. The average Bonchev–Trinajstić information content (AvgIpc) is 2.42. The summed E-state index contributed by atoms with van der Waals surface area (Å²) in [7, 11) is 3.40. The lowest BCUT2D eigenvalue weighted by Crippen LogP contribution is -2.35. The van der Waals surface area contributed by atoms with Gasteiger partial charge in [-0.15, -0.1) is 0 Å². The Morgan fingerprint density at radius 3 is 2.63 bits per heavy atom. The number of amides is 1. The van der Waals surface area contributed by atoms with Crippen molar-refractivity contribution in [1.82, 2.24) is 5.32 Å². The Morgan fingerprint density at radius 1 is 1.42 bits per heavy atom. The number of ether oxygens (including phenoxy) is 1. The summed E-state index contributed by atoms with van der Waals surface area (Å²) in [5.74, 6) is 1.17. The monoisotopic (exact) mass is 264 g/mol. The van der Waals surface area contributed by atoms with E-state index in [9.17, 15) is 4.79 Å². The maximum Gasteiger partial charge on any atom is 0.240 e. The molecule has 0 aliphatic carbocycles. The molecule has 0 spiro atoms. The molecule has 1 N–H and O–H groups in total. The van der Waals surface area contributed by atoms with Gasteiger partial charge in [-0.3, -0.25) is 4.79 Å². The smallest absolute Gasteiger partial charge is 0.240 e. The molecule has 0 aliphatic rings. The molecule has 0 saturated carbocycles. The first-order chi connectivity index (χ1) is 9.01. The maximum absolute atomic E-state index is 12.1. The van der Waals surface area contributed by atoms with E-state index in [-0.39, 0.29) is 5.91 Å². The van der Waals surface area contributed by atoms with Crippen LogP contribution < -0.4 is 15.0 Å². The van der Waals surface area contributed by atoms with Gasteiger partial charge >= 0.3 is 0 Å². The van der Waals surface area contributed by atoms with Gasteiger partial charge in [-0.1, -0.05) is 26.8 Å². The second kappa shape index (κ2) is 7.14. The Balaban J connectivity index is 3.01. The average molecular weight is 264 g/mol. The molecule has 19 heavy (non-hydrogen) atoms. The Kier molecular flexibility index (Phi) is 5.83. The first kappa shape index (κ1) is 15.5. The molecule has 106 valence electrons. The first-order valence-corrected chi connectivity index (χ1v) is 6.66. The summed E-state index contributed by atoms with van der Waals surface area (Å²) in [6.07, 6.45) is 0. The molecule has 0 saturated heterocycles. The normalized spacial score (nSPS) is 10.6. The third-order valence-electron chi connectivity index (χ3n) is 3.13. The highest BCUT2D eigenvalue weighted by Crippen LogP contribution is 2.31. The van der Waals surface area contributed by atoms with Gasteiger partial charge < -0.3 is 15.0 Å². The van der Waals surface area contributed by atoms with Gasteiger partial charge in [-0.05, 0) is 30.2 Å². The number of likely N-dealkylation sites (N-methyl/N-ethyl adjacent to an activating group) is 2. The van der Waals surface area contributed by atoms with Crippen molar-refractivity contribution in [3.05, 3.63) is 23.8 Å². The first-order valence-electron chi connectivity index (χ1n) is 6.66. The second-order valence-electron chi connectivity index (χ2n) is 4.82. The molecule has 0 aromatic heterocycles. The molecule has 1 amide bonds. The summed E-state index contributed by atoms with van der Waals surface area (Å²) in [6, 6.07) is 5.98. The van der Waals surface area contributed by atoms with E-state index in [1.807, 2.05) is 25.1 Å². The lowest BCUT2D eigenvalue weighted by molar-refractivity contribution is -0.117. The summed E-state index contributed by atoms with van der Waals surface area (Å²) in [5.41, 5.74) is 2.01. The van der Waals surface area contributed by atoms with Gasteiger partial charge in [-0.2, -0.15) is 0 Å². The standard InChI is InChI=1S/C15H24N2O2/c1-6-16-10-15(18)17(4)13-9-12(11(2)3)7-8-14(13)19-5/h7-9,11,16H,6,10H2,1-5H3. The number of nitrogens with zero attached hydrogens (tertiary/aromatic N) is 1. The van der Waals surface area contributed by atoms with Gasteiger partial charge in [0.2, 0.25) is 5.91 Å². The van der Waals surface area contributed by atoms with Crippen molar-refractivity contribution in [2.24, 2.45) is 0 Å². The fourth-order valence-corrected chi connectivity index (χ4v) is 1.81. The summed E-state index contributed by atoms with van der Waals surface area (Å²) in [4.78, 5) is 13.7. The minimum absolute atomic E-state index is 0.0288. The number of carbonyl (C=O) groups is 1. The molecule has 4 heteroatoms. The van der Waals surface area contributed by atoms with E-state index >= 15 is 0 Å². The van der Waals surface area contributed by atoms with Gasteiger partial charge in [-0.25, -0.2) is 0 Å². The van der Waals surface area contributed by atoms with Crippen molar-refractivity contribution in [2.45, 2.75) is 26.7 Å². The highest BCUT2D eigenvalue weighted by Gasteiger charge is 2.16. The van der Waals surface area contributed by atoms with Crippen LogP contribution in [0.2, 0.25) is 0 Å². The molecule has 4 nitrogen and oxygen atoms in total. The van der Waals surface area contributed by atoms with Crippen molar-refractivity contribution in [3.8, 4) is 5.75 Å². The molecule has 0 bridgehead atoms. The van der Waals surface area contributed by atoms with Crippen molar-refractivity contribution < 1.29 is 9.53 Å². The topological polar surface area (TPSA) is 41.6 Å². The van der Waals surface area contributed by atoms with Gasteiger partial charge in [0, 0.05) is 7.05 Å². The third-order valence-corrected chi connectivity index (χ3v) is 3.13. The summed E-state index contributed by atoms with van der Waals surface area (Å²) in [6.45, 7) is 7.36. The van der Waals surface area contributed by atoms with Crippen LogP contribution in [0.4, 0.5) is 5.69 Å². The zero-order valence-corrected chi connectivity index (χ0v) is 12.5. The number of hydrogen-bond acceptors (Lipinski definition) is 3. The maximum atomic E-state index is 12.1. The van der Waals surface area contributed by atoms with Crippen LogP contribution >= 0.6 is 0 Å². The summed E-state index contributed by atoms with van der Waals surface area (Å²) >= 11 is 0. The minimum atomic E-state index is 0.0288. The van der Waals surface area contributed by atoms with Gasteiger partial charge in [0.05, 0.1) is 19.3 Å². The van der Waals surface area contributed by atoms with Crippen LogP contribution in [-0.4, -0.2) is 33.2 Å². The molecule has 0 fully saturated rings. The number of hydrogen-bond donors (Lipinski definition) is 1. The predicted molar refractivity (Wildman–Crippen MR) is 79.0 cm³/mol. The van der Waals surface area contributed by atoms with Crippen molar-refractivity contribution >= 4 is 11.6 Å². The van der Waals surface area contributed by atoms with E-state index in [0.717, 1.165) is 18.0 Å². The second-order valence-corrected chi connectivity index (χ2v) is 4.82. The van der Waals surface area contributed by atoms with E-state index < -0.39 is 0 Å². The highest BCUT2D eigenvalue weighted by atomic mass is 16.5. The quantitative estimate of drug-likeness (QED) is 0.857. The number of nitrogens with one attached hydrogen (secondary N) is 1. The third kappa shape index (κ3) is 3.96. The highest BCUT2D eigenvalue weighted by molar-refractivity contribution is 5.95. The zero-order valence-electron chi connectivity index (χ0n) is 12.5. The van der Waals surface area contributed by atoms with Crippen molar-refractivity contribution in [1.29, 1.82) is 0 Å². The molecule has 1 aromatic rings. The molecule has 1 rings (SSSR count). The minimum Gasteiger partial charge on any atom is -0.495 e. The molecule has 0 unspecified atom stereocenters. The number of benzene rings is 1. The van der Waals surface area contributed by atoms with Crippen LogP contribution in [0.15, 0.2) is 18.2 Å². The van der Waals surface area contributed by atoms with Gasteiger partial charge in [0.1, 0.15) is 5.75 Å². The largest absolute Gasteiger partial charge is 0.495 e. The molecule has 0 atom stereocenters. The van der Waals surface area contributed by atoms with E-state index in [4.69, 9.17) is 4.74 Å². The predicted octanol–water partition coefficient (Wildman–Crippen LogP) is 2.39. The SMILES string of the molecule is CCNCC(=O)N(C)c1cc(C(C)C)ccc1OC. The van der Waals surface area contributed by atoms with Crippen LogP contribution in [0.25, 0.3) is 0 Å². The number of methoxy groups -OCH3 is 1. The number of anilines is 1. The molecule has 0 aliphatic heterocycles. The van der Waals surface area contributed by atoms with Gasteiger partial charge in [0.25, 0.3) is 0 Å². The molecular weight excluding hydrogens is 240 g/mol. The van der Waals surface area contributed by atoms with E-state index in [1.165, 1.54) is 5.56 Å². The Morgan fingerprint density at radius 2 is 2.11 bits per heavy atom. The van der Waals surface area contributed by atoms with E-state index in [2.05, 4.69) is 19.2 Å². The number of rotatable bonds is 6. The molecular formula is C15H24N2O2. The summed E-state index contributed by atoms with van der Waals surface area (Å²) in [5, 5.41) is 3.04. The number of carbonyl (C=O) groups excluding carboxylic acids is 1. The zero-order chi connectivity index (χ0) is 14.4. The van der Waals surface area contributed by atoms with E-state index in [1.54, 1.807) is 19.1 Å². The fourth-order valence-electron chi connectivity index (χ4n) is 1.81. The van der Waals surface area contributed by atoms with E-state index in [0.29, 0.717) is 12.5 Å². The fraction of sp³-hybridized carbons (Fsp3) is 0.533. The van der Waals surface area contributed by atoms with Crippen LogP contribution in [-0.2, 0) is 4.79 Å². The van der Waals surface area contributed by atoms with Crippen molar-refractivity contribution in [2.75, 3.05) is 32.1 Å². The van der Waals surface area contributed by atoms with Crippen molar-refractivity contribution in [3.63, 3.8) is 0 Å². The molecule has 0 heterocycles. The van der Waals surface area contributed by atoms with Crippen LogP contribution in [0.5, 0.6) is 5.75 Å².